The van der Waals surface area contributed by atoms with E-state index in [1.807, 2.05) is 51.1 Å². The predicted molar refractivity (Wildman–Crippen MR) is 97.4 cm³/mol. The summed E-state index contributed by atoms with van der Waals surface area (Å²) in [7, 11) is 0. The van der Waals surface area contributed by atoms with Crippen LogP contribution in [0.1, 0.15) is 38.7 Å². The quantitative estimate of drug-likeness (QED) is 0.754. The van der Waals surface area contributed by atoms with E-state index in [0.717, 1.165) is 22.3 Å². The van der Waals surface area contributed by atoms with Gasteiger partial charge in [0.1, 0.15) is 0 Å². The van der Waals surface area contributed by atoms with Gasteiger partial charge < -0.3 is 15.7 Å². The van der Waals surface area contributed by atoms with Gasteiger partial charge in [0.15, 0.2) is 0 Å². The molecule has 1 atom stereocenters. The monoisotopic (exact) mass is 340 g/mol. The number of hydrogen-bond donors (Lipinski definition) is 3. The first-order valence-corrected chi connectivity index (χ1v) is 8.24. The van der Waals surface area contributed by atoms with Crippen LogP contribution in [0, 0.1) is 20.8 Å². The van der Waals surface area contributed by atoms with Crippen LogP contribution >= 0.6 is 0 Å². The molecule has 25 heavy (non-hydrogen) atoms. The second-order valence-electron chi connectivity index (χ2n) is 6.16. The van der Waals surface area contributed by atoms with Crippen molar-refractivity contribution in [3.63, 3.8) is 0 Å². The Labute approximate surface area is 148 Å². The molecular weight excluding hydrogens is 316 g/mol. The van der Waals surface area contributed by atoms with Crippen molar-refractivity contribution in [2.24, 2.45) is 0 Å². The molecule has 0 aliphatic heterocycles. The van der Waals surface area contributed by atoms with Gasteiger partial charge in [-0.05, 0) is 55.2 Å². The van der Waals surface area contributed by atoms with Crippen LogP contribution in [0.4, 0.5) is 0 Å². The van der Waals surface area contributed by atoms with Crippen molar-refractivity contribution in [1.29, 1.82) is 0 Å². The number of aliphatic hydroxyl groups excluding tert-OH is 1. The second kappa shape index (κ2) is 8.44. The molecular formula is C20H24N2O3. The maximum Gasteiger partial charge on any atom is 0.251 e. The number of benzene rings is 2. The van der Waals surface area contributed by atoms with Crippen molar-refractivity contribution in [1.82, 2.24) is 10.6 Å². The minimum absolute atomic E-state index is 0.100. The Morgan fingerprint density at radius 3 is 2.36 bits per heavy atom. The third-order valence-corrected chi connectivity index (χ3v) is 4.22. The SMILES string of the molecule is Cc1ccc(C(=O)NCC(=O)NCC(O)c2ccccc2C)cc1C. The van der Waals surface area contributed by atoms with Crippen LogP contribution in [-0.2, 0) is 4.79 Å². The van der Waals surface area contributed by atoms with Crippen LogP contribution in [0.15, 0.2) is 42.5 Å². The zero-order chi connectivity index (χ0) is 18.4. The Balaban J connectivity index is 1.81. The summed E-state index contributed by atoms with van der Waals surface area (Å²) in [5.74, 6) is -0.637. The van der Waals surface area contributed by atoms with E-state index in [1.54, 1.807) is 12.1 Å². The molecule has 2 aromatic carbocycles. The standard InChI is InChI=1S/C20H24N2O3/c1-13-8-9-16(10-15(13)3)20(25)22-12-19(24)21-11-18(23)17-7-5-4-6-14(17)2/h4-10,18,23H,11-12H2,1-3H3,(H,21,24)(H,22,25). The van der Waals surface area contributed by atoms with Crippen LogP contribution < -0.4 is 10.6 Å². The Bertz CT molecular complexity index is 771. The Kier molecular flexibility index (Phi) is 6.31. The summed E-state index contributed by atoms with van der Waals surface area (Å²) in [6, 6.07) is 12.9. The Hall–Kier alpha value is -2.66. The number of carbonyl (C=O) groups excluding carboxylic acids is 2. The summed E-state index contributed by atoms with van der Waals surface area (Å²) in [5.41, 5.74) is 4.41. The lowest BCUT2D eigenvalue weighted by molar-refractivity contribution is -0.120. The highest BCUT2D eigenvalue weighted by Gasteiger charge is 2.13. The number of aryl methyl sites for hydroxylation is 3. The average molecular weight is 340 g/mol. The second-order valence-corrected chi connectivity index (χ2v) is 6.16. The summed E-state index contributed by atoms with van der Waals surface area (Å²) >= 11 is 0. The predicted octanol–water partition coefficient (Wildman–Crippen LogP) is 2.19. The molecule has 0 spiro atoms. The summed E-state index contributed by atoms with van der Waals surface area (Å²) in [4.78, 5) is 24.0. The molecule has 2 rings (SSSR count). The number of nitrogens with one attached hydrogen (secondary N) is 2. The molecule has 2 amide bonds. The molecule has 0 bridgehead atoms. The number of carbonyl (C=O) groups is 2. The number of aliphatic hydroxyl groups is 1. The van der Waals surface area contributed by atoms with Crippen molar-refractivity contribution in [2.75, 3.05) is 13.1 Å². The van der Waals surface area contributed by atoms with Crippen LogP contribution in [0.5, 0.6) is 0 Å². The van der Waals surface area contributed by atoms with E-state index in [1.165, 1.54) is 0 Å². The largest absolute Gasteiger partial charge is 0.387 e. The molecule has 132 valence electrons. The first kappa shape index (κ1) is 18.7. The van der Waals surface area contributed by atoms with Crippen LogP contribution in [0.25, 0.3) is 0 Å². The summed E-state index contributed by atoms with van der Waals surface area (Å²) in [6.07, 6.45) is -0.777. The van der Waals surface area contributed by atoms with Gasteiger partial charge in [-0.15, -0.1) is 0 Å². The molecule has 0 saturated carbocycles. The van der Waals surface area contributed by atoms with Crippen molar-refractivity contribution in [3.05, 3.63) is 70.3 Å². The van der Waals surface area contributed by atoms with E-state index >= 15 is 0 Å². The van der Waals surface area contributed by atoms with Crippen molar-refractivity contribution < 1.29 is 14.7 Å². The van der Waals surface area contributed by atoms with Gasteiger partial charge in [0.25, 0.3) is 5.91 Å². The first-order chi connectivity index (χ1) is 11.9. The van der Waals surface area contributed by atoms with Gasteiger partial charge in [0.05, 0.1) is 12.6 Å². The van der Waals surface area contributed by atoms with Gasteiger partial charge in [-0.25, -0.2) is 0 Å². The molecule has 0 radical (unpaired) electrons. The molecule has 5 nitrogen and oxygen atoms in total. The average Bonchev–Trinajstić information content (AvgIpc) is 2.60. The number of rotatable bonds is 6. The molecule has 2 aromatic rings. The number of hydrogen-bond acceptors (Lipinski definition) is 3. The van der Waals surface area contributed by atoms with Gasteiger partial charge in [0.2, 0.25) is 5.91 Å². The highest BCUT2D eigenvalue weighted by molar-refractivity contribution is 5.96. The van der Waals surface area contributed by atoms with Crippen LogP contribution in [0.2, 0.25) is 0 Å². The van der Waals surface area contributed by atoms with Crippen LogP contribution in [0.3, 0.4) is 0 Å². The van der Waals surface area contributed by atoms with Gasteiger partial charge >= 0.3 is 0 Å². The lowest BCUT2D eigenvalue weighted by Gasteiger charge is -2.14. The fraction of sp³-hybridized carbons (Fsp3) is 0.300. The third-order valence-electron chi connectivity index (χ3n) is 4.22. The molecule has 0 aliphatic rings. The number of amides is 2. The maximum atomic E-state index is 12.1. The van der Waals surface area contributed by atoms with Gasteiger partial charge in [-0.1, -0.05) is 30.3 Å². The topological polar surface area (TPSA) is 78.4 Å². The van der Waals surface area contributed by atoms with E-state index in [0.29, 0.717) is 5.56 Å². The van der Waals surface area contributed by atoms with Crippen molar-refractivity contribution in [2.45, 2.75) is 26.9 Å². The van der Waals surface area contributed by atoms with Gasteiger partial charge in [-0.3, -0.25) is 9.59 Å². The van der Waals surface area contributed by atoms with Gasteiger partial charge in [0, 0.05) is 12.1 Å². The smallest absolute Gasteiger partial charge is 0.251 e. The molecule has 0 heterocycles. The molecule has 0 fully saturated rings. The van der Waals surface area contributed by atoms with Crippen LogP contribution in [-0.4, -0.2) is 30.0 Å². The normalized spacial score (nSPS) is 11.7. The molecule has 3 N–H and O–H groups in total. The maximum absolute atomic E-state index is 12.1. The fourth-order valence-corrected chi connectivity index (χ4v) is 2.49. The molecule has 0 saturated heterocycles. The highest BCUT2D eigenvalue weighted by atomic mass is 16.3. The van der Waals surface area contributed by atoms with Crippen molar-refractivity contribution >= 4 is 11.8 Å². The van der Waals surface area contributed by atoms with E-state index in [9.17, 15) is 14.7 Å². The minimum Gasteiger partial charge on any atom is -0.387 e. The molecule has 0 aliphatic carbocycles. The van der Waals surface area contributed by atoms with E-state index in [-0.39, 0.29) is 24.9 Å². The van der Waals surface area contributed by atoms with Crippen molar-refractivity contribution in [3.8, 4) is 0 Å². The molecule has 1 unspecified atom stereocenters. The molecule has 5 heteroatoms. The lowest BCUT2D eigenvalue weighted by Crippen LogP contribution is -2.38. The highest BCUT2D eigenvalue weighted by Crippen LogP contribution is 2.16. The zero-order valence-corrected chi connectivity index (χ0v) is 14.8. The summed E-state index contributed by atoms with van der Waals surface area (Å²) < 4.78 is 0. The van der Waals surface area contributed by atoms with E-state index in [2.05, 4.69) is 10.6 Å². The zero-order valence-electron chi connectivity index (χ0n) is 14.8. The van der Waals surface area contributed by atoms with E-state index < -0.39 is 6.10 Å². The Morgan fingerprint density at radius 1 is 0.960 bits per heavy atom. The first-order valence-electron chi connectivity index (χ1n) is 8.24. The fourth-order valence-electron chi connectivity index (χ4n) is 2.49. The Morgan fingerprint density at radius 2 is 1.68 bits per heavy atom. The van der Waals surface area contributed by atoms with Gasteiger partial charge in [-0.2, -0.15) is 0 Å². The summed E-state index contributed by atoms with van der Waals surface area (Å²) in [6.45, 7) is 5.79. The third kappa shape index (κ3) is 5.16. The summed E-state index contributed by atoms with van der Waals surface area (Å²) in [5, 5.41) is 15.4. The molecule has 0 aromatic heterocycles. The minimum atomic E-state index is -0.777. The lowest BCUT2D eigenvalue weighted by atomic mass is 10.0. The van der Waals surface area contributed by atoms with E-state index in [4.69, 9.17) is 0 Å².